The first-order valence-corrected chi connectivity index (χ1v) is 5.50. The molecule has 3 N–H and O–H groups in total. The summed E-state index contributed by atoms with van der Waals surface area (Å²) < 4.78 is 0. The van der Waals surface area contributed by atoms with E-state index >= 15 is 0 Å². The Kier molecular flexibility index (Phi) is 4.50. The van der Waals surface area contributed by atoms with E-state index in [0.29, 0.717) is 0 Å². The van der Waals surface area contributed by atoms with Crippen LogP contribution in [-0.4, -0.2) is 55.1 Å². The van der Waals surface area contributed by atoms with Crippen LogP contribution in [0.3, 0.4) is 0 Å². The van der Waals surface area contributed by atoms with Crippen molar-refractivity contribution in [2.45, 2.75) is 19.9 Å². The monoisotopic (exact) mass is 214 g/mol. The highest BCUT2D eigenvalue weighted by atomic mass is 16.2. The lowest BCUT2D eigenvalue weighted by Gasteiger charge is -2.33. The molecule has 1 fully saturated rings. The van der Waals surface area contributed by atoms with E-state index in [1.807, 2.05) is 18.9 Å². The van der Waals surface area contributed by atoms with Crippen molar-refractivity contribution in [3.8, 4) is 0 Å². The fourth-order valence-electron chi connectivity index (χ4n) is 1.45. The maximum atomic E-state index is 11.6. The number of amides is 1. The van der Waals surface area contributed by atoms with Crippen LogP contribution in [0.2, 0.25) is 0 Å². The van der Waals surface area contributed by atoms with E-state index in [1.54, 1.807) is 0 Å². The Morgan fingerprint density at radius 3 is 2.27 bits per heavy atom. The van der Waals surface area contributed by atoms with Crippen LogP contribution in [0.25, 0.3) is 0 Å². The average molecular weight is 214 g/mol. The molecule has 0 aromatic carbocycles. The third kappa shape index (κ3) is 3.77. The molecule has 15 heavy (non-hydrogen) atoms. The highest BCUT2D eigenvalue weighted by Crippen LogP contribution is 2.00. The predicted molar refractivity (Wildman–Crippen MR) is 60.0 cm³/mol. The lowest BCUT2D eigenvalue weighted by molar-refractivity contribution is -0.128. The average Bonchev–Trinajstić information content (AvgIpc) is 2.20. The number of likely N-dealkylation sites (N-methyl/N-ethyl adjacent to an activating group) is 1. The number of nitrogens with two attached hydrogens (primary N) is 1. The fourth-order valence-corrected chi connectivity index (χ4v) is 1.45. The molecular formula is C10H22N4O. The highest BCUT2D eigenvalue weighted by molar-refractivity contribution is 5.81. The SMILES string of the molecule is CC(C)[C@H](N)C(=O)NN1CCN(C)CC1. The van der Waals surface area contributed by atoms with Gasteiger partial charge in [0.2, 0.25) is 0 Å². The molecule has 88 valence electrons. The van der Waals surface area contributed by atoms with Gasteiger partial charge in [0.15, 0.2) is 0 Å². The van der Waals surface area contributed by atoms with Gasteiger partial charge >= 0.3 is 0 Å². The van der Waals surface area contributed by atoms with Gasteiger partial charge in [0.05, 0.1) is 6.04 Å². The van der Waals surface area contributed by atoms with Gasteiger partial charge in [-0.15, -0.1) is 0 Å². The summed E-state index contributed by atoms with van der Waals surface area (Å²) in [6, 6.07) is -0.412. The first-order valence-electron chi connectivity index (χ1n) is 5.50. The molecule has 1 rings (SSSR count). The fraction of sp³-hybridized carbons (Fsp3) is 0.900. The molecule has 0 unspecified atom stereocenters. The second kappa shape index (κ2) is 5.44. The summed E-state index contributed by atoms with van der Waals surface area (Å²) in [5, 5.41) is 1.95. The summed E-state index contributed by atoms with van der Waals surface area (Å²) in [5.41, 5.74) is 8.62. The minimum Gasteiger partial charge on any atom is -0.320 e. The molecule has 1 atom stereocenters. The number of rotatable bonds is 3. The van der Waals surface area contributed by atoms with Crippen LogP contribution in [0.4, 0.5) is 0 Å². The van der Waals surface area contributed by atoms with Crippen LogP contribution in [0.5, 0.6) is 0 Å². The van der Waals surface area contributed by atoms with Gasteiger partial charge in [-0.05, 0) is 13.0 Å². The Morgan fingerprint density at radius 2 is 1.80 bits per heavy atom. The Morgan fingerprint density at radius 1 is 1.27 bits per heavy atom. The van der Waals surface area contributed by atoms with Crippen molar-refractivity contribution < 1.29 is 4.79 Å². The third-order valence-electron chi connectivity index (χ3n) is 2.79. The molecule has 1 aliphatic heterocycles. The molecule has 5 nitrogen and oxygen atoms in total. The van der Waals surface area contributed by atoms with Crippen LogP contribution in [-0.2, 0) is 4.79 Å². The molecule has 0 spiro atoms. The second-order valence-electron chi connectivity index (χ2n) is 4.54. The molecule has 0 saturated carbocycles. The largest absolute Gasteiger partial charge is 0.320 e. The summed E-state index contributed by atoms with van der Waals surface area (Å²) >= 11 is 0. The van der Waals surface area contributed by atoms with Gasteiger partial charge in [-0.3, -0.25) is 10.2 Å². The van der Waals surface area contributed by atoms with Crippen molar-refractivity contribution in [2.24, 2.45) is 11.7 Å². The Hall–Kier alpha value is -0.650. The molecule has 0 aliphatic carbocycles. The molecule has 1 aliphatic rings. The van der Waals surface area contributed by atoms with Crippen molar-refractivity contribution in [3.63, 3.8) is 0 Å². The zero-order valence-electron chi connectivity index (χ0n) is 9.86. The summed E-state index contributed by atoms with van der Waals surface area (Å²) in [7, 11) is 2.08. The maximum Gasteiger partial charge on any atom is 0.251 e. The number of hydrogen-bond acceptors (Lipinski definition) is 4. The van der Waals surface area contributed by atoms with Crippen LogP contribution < -0.4 is 11.2 Å². The highest BCUT2D eigenvalue weighted by Gasteiger charge is 2.21. The van der Waals surface area contributed by atoms with Gasteiger partial charge in [0.25, 0.3) is 5.91 Å². The number of hydrazine groups is 1. The van der Waals surface area contributed by atoms with E-state index in [-0.39, 0.29) is 11.8 Å². The number of piperazine rings is 1. The molecular weight excluding hydrogens is 192 g/mol. The third-order valence-corrected chi connectivity index (χ3v) is 2.79. The lowest BCUT2D eigenvalue weighted by Crippen LogP contribution is -2.56. The van der Waals surface area contributed by atoms with Gasteiger partial charge < -0.3 is 10.6 Å². The van der Waals surface area contributed by atoms with Crippen molar-refractivity contribution in [3.05, 3.63) is 0 Å². The van der Waals surface area contributed by atoms with E-state index in [1.165, 1.54) is 0 Å². The van der Waals surface area contributed by atoms with Gasteiger partial charge in [0.1, 0.15) is 0 Å². The number of nitrogens with zero attached hydrogens (tertiary/aromatic N) is 2. The van der Waals surface area contributed by atoms with E-state index in [4.69, 9.17) is 5.73 Å². The molecule has 0 aromatic heterocycles. The zero-order valence-corrected chi connectivity index (χ0v) is 9.86. The molecule has 1 saturated heterocycles. The van der Waals surface area contributed by atoms with Crippen molar-refractivity contribution >= 4 is 5.91 Å². The van der Waals surface area contributed by atoms with E-state index in [0.717, 1.165) is 26.2 Å². The van der Waals surface area contributed by atoms with Gasteiger partial charge in [-0.2, -0.15) is 0 Å². The minimum absolute atomic E-state index is 0.0745. The number of hydrogen-bond donors (Lipinski definition) is 2. The topological polar surface area (TPSA) is 61.6 Å². The molecule has 0 aromatic rings. The van der Waals surface area contributed by atoms with E-state index in [2.05, 4.69) is 17.4 Å². The first kappa shape index (κ1) is 12.4. The van der Waals surface area contributed by atoms with Gasteiger partial charge in [-0.25, -0.2) is 5.01 Å². The Labute approximate surface area is 91.6 Å². The first-order chi connectivity index (χ1) is 7.00. The van der Waals surface area contributed by atoms with E-state index in [9.17, 15) is 4.79 Å². The van der Waals surface area contributed by atoms with Crippen molar-refractivity contribution in [1.82, 2.24) is 15.3 Å². The lowest BCUT2D eigenvalue weighted by atomic mass is 10.1. The quantitative estimate of drug-likeness (QED) is 0.649. The second-order valence-corrected chi connectivity index (χ2v) is 4.54. The van der Waals surface area contributed by atoms with Crippen LogP contribution >= 0.6 is 0 Å². The Bertz CT molecular complexity index is 211. The van der Waals surface area contributed by atoms with Crippen LogP contribution in [0.1, 0.15) is 13.8 Å². The molecule has 1 amide bonds. The van der Waals surface area contributed by atoms with Crippen molar-refractivity contribution in [1.29, 1.82) is 0 Å². The van der Waals surface area contributed by atoms with E-state index < -0.39 is 6.04 Å². The van der Waals surface area contributed by atoms with Gasteiger partial charge in [-0.1, -0.05) is 13.8 Å². The number of nitrogens with one attached hydrogen (secondary N) is 1. The summed E-state index contributed by atoms with van der Waals surface area (Å²) in [5.74, 6) is 0.104. The molecule has 1 heterocycles. The predicted octanol–water partition coefficient (Wildman–Crippen LogP) is -0.752. The summed E-state index contributed by atoms with van der Waals surface area (Å²) in [4.78, 5) is 13.9. The van der Waals surface area contributed by atoms with Crippen LogP contribution in [0.15, 0.2) is 0 Å². The number of carbonyl (C=O) groups is 1. The minimum atomic E-state index is -0.412. The van der Waals surface area contributed by atoms with Crippen LogP contribution in [0, 0.1) is 5.92 Å². The molecule has 5 heteroatoms. The van der Waals surface area contributed by atoms with Crippen molar-refractivity contribution in [2.75, 3.05) is 33.2 Å². The summed E-state index contributed by atoms with van der Waals surface area (Å²) in [6.07, 6.45) is 0. The Balaban J connectivity index is 2.32. The number of carbonyl (C=O) groups excluding carboxylic acids is 1. The standard InChI is InChI=1S/C10H22N4O/c1-8(2)9(11)10(15)12-14-6-4-13(3)5-7-14/h8-9H,4-7,11H2,1-3H3,(H,12,15)/t9-/m0/s1. The zero-order chi connectivity index (χ0) is 11.4. The molecule has 0 bridgehead atoms. The molecule has 0 radical (unpaired) electrons. The van der Waals surface area contributed by atoms with Gasteiger partial charge in [0, 0.05) is 26.2 Å². The normalized spacial score (nSPS) is 21.7. The smallest absolute Gasteiger partial charge is 0.251 e. The summed E-state index contributed by atoms with van der Waals surface area (Å²) in [6.45, 7) is 7.61. The maximum absolute atomic E-state index is 11.6.